The van der Waals surface area contributed by atoms with Gasteiger partial charge in [0.05, 0.1) is 0 Å². The summed E-state index contributed by atoms with van der Waals surface area (Å²) in [4.78, 5) is 18.5. The topological polar surface area (TPSA) is 45.8 Å². The number of fused-ring (bicyclic) bond motifs is 1. The average Bonchev–Trinajstić information content (AvgIpc) is 2.44. The van der Waals surface area contributed by atoms with Gasteiger partial charge in [0, 0.05) is 17.5 Å². The van der Waals surface area contributed by atoms with Crippen LogP contribution in [0.1, 0.15) is 11.3 Å². The van der Waals surface area contributed by atoms with Gasteiger partial charge in [0.1, 0.15) is 0 Å². The maximum Gasteiger partial charge on any atom is 0.251 e. The van der Waals surface area contributed by atoms with Crippen LogP contribution in [-0.4, -0.2) is 9.97 Å². The van der Waals surface area contributed by atoms with E-state index in [1.807, 2.05) is 19.1 Å². The van der Waals surface area contributed by atoms with E-state index >= 15 is 0 Å². The number of aromatic nitrogens is 2. The zero-order valence-corrected chi connectivity index (χ0v) is 11.9. The number of thioether (sulfide) groups is 1. The molecule has 3 rings (SSSR count). The second kappa shape index (κ2) is 5.51. The molecular formula is C16H14N2OS. The van der Waals surface area contributed by atoms with Crippen molar-refractivity contribution in [1.29, 1.82) is 0 Å². The summed E-state index contributed by atoms with van der Waals surface area (Å²) in [6.07, 6.45) is 0. The van der Waals surface area contributed by atoms with Gasteiger partial charge in [0.2, 0.25) is 0 Å². The maximum atomic E-state index is 11.4. The molecule has 100 valence electrons. The van der Waals surface area contributed by atoms with Gasteiger partial charge in [-0.05, 0) is 23.3 Å². The Kier molecular flexibility index (Phi) is 3.56. The molecule has 0 aliphatic heterocycles. The van der Waals surface area contributed by atoms with Crippen LogP contribution in [0.5, 0.6) is 0 Å². The van der Waals surface area contributed by atoms with Crippen molar-refractivity contribution in [2.24, 2.45) is 0 Å². The van der Waals surface area contributed by atoms with E-state index in [0.717, 1.165) is 11.4 Å². The van der Waals surface area contributed by atoms with Gasteiger partial charge in [0.25, 0.3) is 5.56 Å². The quantitative estimate of drug-likeness (QED) is 0.590. The summed E-state index contributed by atoms with van der Waals surface area (Å²) in [7, 11) is 0. The highest BCUT2D eigenvalue weighted by Gasteiger charge is 2.03. The first kappa shape index (κ1) is 12.9. The van der Waals surface area contributed by atoms with Gasteiger partial charge in [-0.25, -0.2) is 4.98 Å². The minimum Gasteiger partial charge on any atom is -0.301 e. The molecule has 20 heavy (non-hydrogen) atoms. The Morgan fingerprint density at radius 2 is 1.95 bits per heavy atom. The summed E-state index contributed by atoms with van der Waals surface area (Å²) in [6, 6.07) is 16.1. The molecule has 1 N–H and O–H groups in total. The lowest BCUT2D eigenvalue weighted by atomic mass is 10.1. The van der Waals surface area contributed by atoms with E-state index in [9.17, 15) is 4.79 Å². The Bertz CT molecular complexity index is 805. The van der Waals surface area contributed by atoms with Crippen LogP contribution in [0.4, 0.5) is 0 Å². The number of nitrogens with zero attached hydrogens (tertiary/aromatic N) is 1. The number of aromatic amines is 1. The van der Waals surface area contributed by atoms with Crippen LogP contribution >= 0.6 is 11.8 Å². The van der Waals surface area contributed by atoms with Crippen molar-refractivity contribution in [3.63, 3.8) is 0 Å². The van der Waals surface area contributed by atoms with Gasteiger partial charge in [-0.15, -0.1) is 0 Å². The molecule has 0 saturated carbocycles. The fraction of sp³-hybridized carbons (Fsp3) is 0.125. The normalized spacial score (nSPS) is 10.8. The van der Waals surface area contributed by atoms with Crippen molar-refractivity contribution in [3.05, 3.63) is 70.1 Å². The molecule has 0 radical (unpaired) electrons. The minimum absolute atomic E-state index is 0.0991. The van der Waals surface area contributed by atoms with Gasteiger partial charge in [-0.1, -0.05) is 54.2 Å². The van der Waals surface area contributed by atoms with Gasteiger partial charge in [-0.3, -0.25) is 4.79 Å². The highest BCUT2D eigenvalue weighted by Crippen LogP contribution is 2.25. The van der Waals surface area contributed by atoms with Crippen LogP contribution < -0.4 is 5.56 Å². The van der Waals surface area contributed by atoms with E-state index in [2.05, 4.69) is 40.3 Å². The molecule has 2 aromatic carbocycles. The fourth-order valence-electron chi connectivity index (χ4n) is 2.18. The number of aryl methyl sites for hydroxylation is 1. The third kappa shape index (κ3) is 2.75. The molecule has 1 heterocycles. The second-order valence-corrected chi connectivity index (χ2v) is 5.58. The molecule has 3 nitrogen and oxygen atoms in total. The molecule has 0 unspecified atom stereocenters. The molecule has 0 aliphatic carbocycles. The summed E-state index contributed by atoms with van der Waals surface area (Å²) in [6.45, 7) is 1.83. The lowest BCUT2D eigenvalue weighted by Crippen LogP contribution is -2.08. The van der Waals surface area contributed by atoms with Crippen LogP contribution in [0.15, 0.2) is 58.5 Å². The summed E-state index contributed by atoms with van der Waals surface area (Å²) in [5.41, 5.74) is 1.89. The lowest BCUT2D eigenvalue weighted by Gasteiger charge is -2.06. The van der Waals surface area contributed by atoms with Crippen molar-refractivity contribution in [3.8, 4) is 0 Å². The predicted molar refractivity (Wildman–Crippen MR) is 83.1 cm³/mol. The number of hydrogen-bond acceptors (Lipinski definition) is 3. The van der Waals surface area contributed by atoms with Gasteiger partial charge in [-0.2, -0.15) is 0 Å². The molecule has 1 aromatic heterocycles. The average molecular weight is 282 g/mol. The van der Waals surface area contributed by atoms with Crippen molar-refractivity contribution in [1.82, 2.24) is 9.97 Å². The smallest absolute Gasteiger partial charge is 0.251 e. The Morgan fingerprint density at radius 3 is 2.80 bits per heavy atom. The minimum atomic E-state index is -0.0991. The molecule has 0 bridgehead atoms. The number of H-pyrrole nitrogens is 1. The van der Waals surface area contributed by atoms with E-state index in [4.69, 9.17) is 0 Å². The van der Waals surface area contributed by atoms with Gasteiger partial charge < -0.3 is 4.98 Å². The maximum absolute atomic E-state index is 11.4. The molecule has 0 aliphatic rings. The second-order valence-electron chi connectivity index (χ2n) is 4.62. The molecule has 4 heteroatoms. The van der Waals surface area contributed by atoms with Crippen LogP contribution in [-0.2, 0) is 5.75 Å². The van der Waals surface area contributed by atoms with Crippen LogP contribution in [0.3, 0.4) is 0 Å². The Hall–Kier alpha value is -2.07. The van der Waals surface area contributed by atoms with Crippen LogP contribution in [0.25, 0.3) is 10.8 Å². The summed E-state index contributed by atoms with van der Waals surface area (Å²) < 4.78 is 0. The van der Waals surface area contributed by atoms with Crippen molar-refractivity contribution >= 4 is 22.5 Å². The van der Waals surface area contributed by atoms with Crippen molar-refractivity contribution in [2.45, 2.75) is 17.8 Å². The van der Waals surface area contributed by atoms with Crippen LogP contribution in [0, 0.1) is 6.92 Å². The number of nitrogens with one attached hydrogen (secondary N) is 1. The first-order valence-electron chi connectivity index (χ1n) is 6.40. The fourth-order valence-corrected chi connectivity index (χ4v) is 3.11. The Balaban J connectivity index is 1.88. The zero-order chi connectivity index (χ0) is 13.9. The summed E-state index contributed by atoms with van der Waals surface area (Å²) in [5.74, 6) is 0.785. The zero-order valence-electron chi connectivity index (χ0n) is 11.1. The monoisotopic (exact) mass is 282 g/mol. The highest BCUT2D eigenvalue weighted by molar-refractivity contribution is 7.98. The van der Waals surface area contributed by atoms with E-state index < -0.39 is 0 Å². The predicted octanol–water partition coefficient (Wildman–Crippen LogP) is 3.52. The van der Waals surface area contributed by atoms with E-state index in [1.165, 1.54) is 22.4 Å². The molecule has 3 aromatic rings. The third-order valence-corrected chi connectivity index (χ3v) is 4.01. The third-order valence-electron chi connectivity index (χ3n) is 3.09. The SMILES string of the molecule is Cc1cc(=O)[nH]c(SCc2cccc3ccccc23)n1. The summed E-state index contributed by atoms with van der Waals surface area (Å²) in [5, 5.41) is 3.15. The Morgan fingerprint density at radius 1 is 1.15 bits per heavy atom. The van der Waals surface area contributed by atoms with E-state index in [-0.39, 0.29) is 5.56 Å². The number of hydrogen-bond donors (Lipinski definition) is 1. The van der Waals surface area contributed by atoms with Gasteiger partial charge >= 0.3 is 0 Å². The van der Waals surface area contributed by atoms with E-state index in [0.29, 0.717) is 5.16 Å². The molecule has 0 fully saturated rings. The van der Waals surface area contributed by atoms with Crippen molar-refractivity contribution in [2.75, 3.05) is 0 Å². The van der Waals surface area contributed by atoms with Crippen LogP contribution in [0.2, 0.25) is 0 Å². The highest BCUT2D eigenvalue weighted by atomic mass is 32.2. The molecule has 0 spiro atoms. The molecular weight excluding hydrogens is 268 g/mol. The number of rotatable bonds is 3. The molecule has 0 atom stereocenters. The lowest BCUT2D eigenvalue weighted by molar-refractivity contribution is 0.905. The number of benzene rings is 2. The molecule has 0 amide bonds. The molecule has 0 saturated heterocycles. The standard InChI is InChI=1S/C16H14N2OS/c1-11-9-15(19)18-16(17-11)20-10-13-7-4-6-12-5-2-3-8-14(12)13/h2-9H,10H2,1H3,(H,17,18,19). The largest absolute Gasteiger partial charge is 0.301 e. The van der Waals surface area contributed by atoms with Gasteiger partial charge in [0.15, 0.2) is 5.16 Å². The van der Waals surface area contributed by atoms with Crippen molar-refractivity contribution < 1.29 is 0 Å². The first-order chi connectivity index (χ1) is 9.72. The first-order valence-corrected chi connectivity index (χ1v) is 7.38. The Labute approximate surface area is 121 Å². The van der Waals surface area contributed by atoms with E-state index in [1.54, 1.807) is 11.8 Å². The summed E-state index contributed by atoms with van der Waals surface area (Å²) >= 11 is 1.55.